The lowest BCUT2D eigenvalue weighted by molar-refractivity contribution is 0.526. The number of allylic oxidation sites excluding steroid dienone is 2. The van der Waals surface area contributed by atoms with Crippen LogP contribution in [0.5, 0.6) is 0 Å². The lowest BCUT2D eigenvalue weighted by atomic mass is 9.84. The fourth-order valence-corrected chi connectivity index (χ4v) is 7.31. The fraction of sp³-hybridized carbons (Fsp3) is 0.0417. The Morgan fingerprint density at radius 3 is 1.08 bits per heavy atom. The van der Waals surface area contributed by atoms with E-state index in [2.05, 4.69) is 228 Å². The average Bonchev–Trinajstić information content (AvgIpc) is 3.20. The summed E-state index contributed by atoms with van der Waals surface area (Å²) in [5.41, 5.74) is 11.2. The van der Waals surface area contributed by atoms with Gasteiger partial charge in [-0.15, -0.1) is 0 Å². The Morgan fingerprint density at radius 1 is 0.340 bits per heavy atom. The molecule has 2 heteroatoms. The number of hydrogen-bond donors (Lipinski definition) is 0. The maximum atomic E-state index is 2.49. The molecule has 0 fully saturated rings. The van der Waals surface area contributed by atoms with Crippen molar-refractivity contribution in [2.75, 3.05) is 9.80 Å². The molecule has 1 aliphatic carbocycles. The van der Waals surface area contributed by atoms with Crippen LogP contribution < -0.4 is 9.80 Å². The summed E-state index contributed by atoms with van der Waals surface area (Å²) < 4.78 is 0. The summed E-state index contributed by atoms with van der Waals surface area (Å²) in [4.78, 5) is 4.99. The van der Waals surface area contributed by atoms with Crippen LogP contribution in [0.3, 0.4) is 0 Å². The molecule has 0 spiro atoms. The molecule has 0 aliphatic heterocycles. The minimum Gasteiger partial charge on any atom is -0.314 e. The van der Waals surface area contributed by atoms with Crippen molar-refractivity contribution in [3.63, 3.8) is 0 Å². The number of hydrogen-bond acceptors (Lipinski definition) is 2. The zero-order valence-electron chi connectivity index (χ0n) is 27.9. The SMILES string of the molecule is C1=CC(N(c2ccccc2)c2ccccc2)(N(c2ccccc2)c2ccccc2)CC=C1c1ccccc1-c1ccccc1-c1ccccc1. The molecule has 8 rings (SSSR count). The maximum absolute atomic E-state index is 2.49. The van der Waals surface area contributed by atoms with Crippen LogP contribution in [0.25, 0.3) is 27.8 Å². The topological polar surface area (TPSA) is 6.48 Å². The molecule has 0 aromatic heterocycles. The van der Waals surface area contributed by atoms with Gasteiger partial charge in [0, 0.05) is 29.2 Å². The third kappa shape index (κ3) is 5.93. The predicted octanol–water partition coefficient (Wildman–Crippen LogP) is 12.7. The van der Waals surface area contributed by atoms with Crippen LogP contribution in [0.4, 0.5) is 22.7 Å². The highest BCUT2D eigenvalue weighted by Gasteiger charge is 2.43. The summed E-state index contributed by atoms with van der Waals surface area (Å²) in [6.45, 7) is 0. The van der Waals surface area contributed by atoms with E-state index in [0.29, 0.717) is 0 Å². The standard InChI is InChI=1S/C48H38N2/c1-6-20-38(21-7-1)44-30-16-18-32-46(44)47-33-19-17-31-45(47)39-34-36-48(37-35-39,49(40-22-8-2-9-23-40)41-24-10-3-11-25-41)50(42-26-12-4-13-27-42)43-28-14-5-15-29-43/h1-36H,37H2. The highest BCUT2D eigenvalue weighted by atomic mass is 15.4. The third-order valence-corrected chi connectivity index (χ3v) is 9.52. The summed E-state index contributed by atoms with van der Waals surface area (Å²) in [5.74, 6) is 0. The monoisotopic (exact) mass is 642 g/mol. The normalized spacial score (nSPS) is 13.3. The van der Waals surface area contributed by atoms with Gasteiger partial charge in [0.15, 0.2) is 0 Å². The van der Waals surface area contributed by atoms with E-state index >= 15 is 0 Å². The Balaban J connectivity index is 1.32. The summed E-state index contributed by atoms with van der Waals surface area (Å²) >= 11 is 0. The van der Waals surface area contributed by atoms with Crippen LogP contribution in [0.15, 0.2) is 218 Å². The van der Waals surface area contributed by atoms with Gasteiger partial charge in [0.25, 0.3) is 0 Å². The third-order valence-electron chi connectivity index (χ3n) is 9.52. The van der Waals surface area contributed by atoms with E-state index in [1.165, 1.54) is 33.4 Å². The van der Waals surface area contributed by atoms with Gasteiger partial charge in [-0.1, -0.05) is 164 Å². The van der Waals surface area contributed by atoms with Gasteiger partial charge in [-0.25, -0.2) is 0 Å². The smallest absolute Gasteiger partial charge is 0.145 e. The summed E-state index contributed by atoms with van der Waals surface area (Å²) in [5, 5.41) is 0. The summed E-state index contributed by atoms with van der Waals surface area (Å²) in [6, 6.07) is 71.3. The number of nitrogens with zero attached hydrogens (tertiary/aromatic N) is 2. The van der Waals surface area contributed by atoms with Gasteiger partial charge < -0.3 is 9.80 Å². The van der Waals surface area contributed by atoms with E-state index in [0.717, 1.165) is 29.2 Å². The largest absolute Gasteiger partial charge is 0.314 e. The van der Waals surface area contributed by atoms with Crippen molar-refractivity contribution in [2.24, 2.45) is 0 Å². The molecule has 0 heterocycles. The van der Waals surface area contributed by atoms with Gasteiger partial charge in [0.2, 0.25) is 0 Å². The first kappa shape index (κ1) is 30.9. The highest BCUT2D eigenvalue weighted by molar-refractivity contribution is 5.93. The second-order valence-corrected chi connectivity index (χ2v) is 12.5. The van der Waals surface area contributed by atoms with Gasteiger partial charge >= 0.3 is 0 Å². The van der Waals surface area contributed by atoms with Crippen molar-refractivity contribution in [1.29, 1.82) is 0 Å². The highest BCUT2D eigenvalue weighted by Crippen LogP contribution is 2.48. The van der Waals surface area contributed by atoms with Crippen LogP contribution in [-0.4, -0.2) is 5.66 Å². The maximum Gasteiger partial charge on any atom is 0.145 e. The van der Waals surface area contributed by atoms with Crippen LogP contribution in [-0.2, 0) is 0 Å². The summed E-state index contributed by atoms with van der Waals surface area (Å²) in [7, 11) is 0. The van der Waals surface area contributed by atoms with E-state index in [-0.39, 0.29) is 0 Å². The molecule has 1 aliphatic rings. The molecule has 50 heavy (non-hydrogen) atoms. The van der Waals surface area contributed by atoms with Crippen molar-refractivity contribution in [3.05, 3.63) is 224 Å². The molecule has 0 amide bonds. The molecule has 0 bridgehead atoms. The molecule has 0 saturated heterocycles. The van der Waals surface area contributed by atoms with Gasteiger partial charge in [-0.05, 0) is 88.0 Å². The van der Waals surface area contributed by atoms with Crippen LogP contribution in [0.2, 0.25) is 0 Å². The second-order valence-electron chi connectivity index (χ2n) is 12.5. The lowest BCUT2D eigenvalue weighted by Crippen LogP contribution is -2.57. The van der Waals surface area contributed by atoms with Crippen LogP contribution in [0.1, 0.15) is 12.0 Å². The van der Waals surface area contributed by atoms with Crippen molar-refractivity contribution in [1.82, 2.24) is 0 Å². The van der Waals surface area contributed by atoms with Gasteiger partial charge in [0.1, 0.15) is 5.66 Å². The van der Waals surface area contributed by atoms with Gasteiger partial charge in [-0.3, -0.25) is 0 Å². The van der Waals surface area contributed by atoms with Crippen LogP contribution in [0, 0.1) is 0 Å². The van der Waals surface area contributed by atoms with E-state index in [9.17, 15) is 0 Å². The van der Waals surface area contributed by atoms with Crippen molar-refractivity contribution in [2.45, 2.75) is 12.1 Å². The molecule has 7 aromatic rings. The first-order valence-electron chi connectivity index (χ1n) is 17.3. The Bertz CT molecular complexity index is 2060. The molecular formula is C48H38N2. The number of benzene rings is 7. The van der Waals surface area contributed by atoms with E-state index in [1.54, 1.807) is 0 Å². The minimum atomic E-state index is -0.633. The zero-order valence-corrected chi connectivity index (χ0v) is 27.9. The fourth-order valence-electron chi connectivity index (χ4n) is 7.31. The Kier molecular flexibility index (Phi) is 8.66. The Morgan fingerprint density at radius 2 is 0.680 bits per heavy atom. The number of anilines is 4. The predicted molar refractivity (Wildman–Crippen MR) is 212 cm³/mol. The van der Waals surface area contributed by atoms with E-state index < -0.39 is 5.66 Å². The zero-order chi connectivity index (χ0) is 33.6. The first-order valence-corrected chi connectivity index (χ1v) is 17.3. The molecule has 0 atom stereocenters. The Labute approximate surface area is 295 Å². The quantitative estimate of drug-likeness (QED) is 0.145. The molecule has 0 unspecified atom stereocenters. The van der Waals surface area contributed by atoms with Crippen molar-refractivity contribution >= 4 is 28.3 Å². The van der Waals surface area contributed by atoms with Crippen LogP contribution >= 0.6 is 0 Å². The molecule has 0 saturated carbocycles. The second kappa shape index (κ2) is 14.0. The van der Waals surface area contributed by atoms with Crippen molar-refractivity contribution < 1.29 is 0 Å². The number of para-hydroxylation sites is 4. The van der Waals surface area contributed by atoms with Gasteiger partial charge in [0.05, 0.1) is 0 Å². The molecule has 0 N–H and O–H groups in total. The molecule has 240 valence electrons. The molecule has 2 nitrogen and oxygen atoms in total. The molecular weight excluding hydrogens is 605 g/mol. The van der Waals surface area contributed by atoms with Gasteiger partial charge in [-0.2, -0.15) is 0 Å². The van der Waals surface area contributed by atoms with E-state index in [4.69, 9.17) is 0 Å². The number of rotatable bonds is 9. The minimum absolute atomic E-state index is 0.633. The lowest BCUT2D eigenvalue weighted by Gasteiger charge is -2.52. The van der Waals surface area contributed by atoms with E-state index in [1.807, 2.05) is 0 Å². The molecule has 0 radical (unpaired) electrons. The Hall–Kier alpha value is -6.38. The molecule has 7 aromatic carbocycles. The average molecular weight is 643 g/mol. The van der Waals surface area contributed by atoms with Crippen molar-refractivity contribution in [3.8, 4) is 22.3 Å². The summed E-state index contributed by atoms with van der Waals surface area (Å²) in [6.07, 6.45) is 7.91. The first-order chi connectivity index (χ1) is 24.8.